The summed E-state index contributed by atoms with van der Waals surface area (Å²) in [6.45, 7) is 2.16. The number of nitrogens with one attached hydrogen (secondary N) is 1. The van der Waals surface area contributed by atoms with E-state index >= 15 is 0 Å². The summed E-state index contributed by atoms with van der Waals surface area (Å²) in [5, 5.41) is 3.30. The lowest BCUT2D eigenvalue weighted by atomic mass is 10.2. The number of aliphatic imine (C=N–C) groups is 1. The molecular formula is C17H27F2N3O2. The number of ether oxygens (including phenoxy) is 2. The minimum atomic E-state index is -2.80. The molecule has 0 bridgehead atoms. The second kappa shape index (κ2) is 11.6. The van der Waals surface area contributed by atoms with Crippen molar-refractivity contribution < 1.29 is 18.3 Å². The van der Waals surface area contributed by atoms with E-state index in [0.29, 0.717) is 6.54 Å². The maximum absolute atomic E-state index is 12.1. The van der Waals surface area contributed by atoms with E-state index in [4.69, 9.17) is 4.74 Å². The molecule has 0 fully saturated rings. The van der Waals surface area contributed by atoms with Gasteiger partial charge in [0, 0.05) is 40.4 Å². The molecule has 0 spiro atoms. The molecule has 1 aromatic rings. The molecule has 0 aliphatic rings. The van der Waals surface area contributed by atoms with E-state index in [1.54, 1.807) is 31.3 Å². The molecule has 1 N–H and O–H groups in total. The van der Waals surface area contributed by atoms with Gasteiger partial charge in [0.15, 0.2) is 5.96 Å². The van der Waals surface area contributed by atoms with E-state index in [-0.39, 0.29) is 5.75 Å². The van der Waals surface area contributed by atoms with Gasteiger partial charge in [-0.2, -0.15) is 8.78 Å². The Hall–Kier alpha value is -1.89. The molecule has 0 saturated carbocycles. The van der Waals surface area contributed by atoms with Crippen molar-refractivity contribution in [1.82, 2.24) is 10.2 Å². The summed E-state index contributed by atoms with van der Waals surface area (Å²) in [4.78, 5) is 6.23. The average Bonchev–Trinajstić information content (AvgIpc) is 2.55. The molecule has 0 atom stereocenters. The number of hydrogen-bond donors (Lipinski definition) is 1. The van der Waals surface area contributed by atoms with Gasteiger partial charge in [-0.25, -0.2) is 0 Å². The highest BCUT2D eigenvalue weighted by molar-refractivity contribution is 5.79. The summed E-state index contributed by atoms with van der Waals surface area (Å²) in [5.41, 5.74) is 0.985. The van der Waals surface area contributed by atoms with Crippen molar-refractivity contribution in [1.29, 1.82) is 0 Å². The molecule has 5 nitrogen and oxygen atoms in total. The molecule has 7 heteroatoms. The summed E-state index contributed by atoms with van der Waals surface area (Å²) >= 11 is 0. The Morgan fingerprint density at radius 3 is 2.54 bits per heavy atom. The zero-order valence-corrected chi connectivity index (χ0v) is 14.6. The SMILES string of the molecule is CCOCCCCNC(=NC)N(C)Cc1ccc(OC(F)F)cc1. The van der Waals surface area contributed by atoms with Crippen LogP contribution in [0, 0.1) is 0 Å². The summed E-state index contributed by atoms with van der Waals surface area (Å²) in [7, 11) is 3.66. The number of rotatable bonds is 10. The summed E-state index contributed by atoms with van der Waals surface area (Å²) in [6.07, 6.45) is 2.01. The molecular weight excluding hydrogens is 316 g/mol. The van der Waals surface area contributed by atoms with Crippen molar-refractivity contribution in [2.45, 2.75) is 32.9 Å². The van der Waals surface area contributed by atoms with Crippen LogP contribution in [0.5, 0.6) is 5.75 Å². The topological polar surface area (TPSA) is 46.1 Å². The molecule has 1 aromatic carbocycles. The normalized spacial score (nSPS) is 11.7. The first-order chi connectivity index (χ1) is 11.6. The number of alkyl halides is 2. The zero-order chi connectivity index (χ0) is 17.8. The van der Waals surface area contributed by atoms with Crippen molar-refractivity contribution in [3.8, 4) is 5.75 Å². The number of nitrogens with zero attached hydrogens (tertiary/aromatic N) is 2. The molecule has 0 aromatic heterocycles. The Morgan fingerprint density at radius 2 is 1.96 bits per heavy atom. The third-order valence-electron chi connectivity index (χ3n) is 3.34. The van der Waals surface area contributed by atoms with Gasteiger partial charge in [-0.3, -0.25) is 4.99 Å². The maximum Gasteiger partial charge on any atom is 0.387 e. The highest BCUT2D eigenvalue weighted by atomic mass is 19.3. The van der Waals surface area contributed by atoms with Crippen molar-refractivity contribution in [3.05, 3.63) is 29.8 Å². The van der Waals surface area contributed by atoms with Gasteiger partial charge in [0.2, 0.25) is 0 Å². The van der Waals surface area contributed by atoms with Crippen LogP contribution in [0.2, 0.25) is 0 Å². The summed E-state index contributed by atoms with van der Waals surface area (Å²) in [6, 6.07) is 6.62. The first-order valence-electron chi connectivity index (χ1n) is 8.10. The van der Waals surface area contributed by atoms with E-state index in [1.165, 1.54) is 0 Å². The predicted molar refractivity (Wildman–Crippen MR) is 91.6 cm³/mol. The van der Waals surface area contributed by atoms with Gasteiger partial charge >= 0.3 is 6.61 Å². The molecule has 0 aliphatic heterocycles. The van der Waals surface area contributed by atoms with Gasteiger partial charge < -0.3 is 19.7 Å². The predicted octanol–water partition coefficient (Wildman–Crippen LogP) is 3.11. The van der Waals surface area contributed by atoms with E-state index in [1.807, 2.05) is 18.9 Å². The van der Waals surface area contributed by atoms with Crippen molar-refractivity contribution in [3.63, 3.8) is 0 Å². The minimum Gasteiger partial charge on any atom is -0.435 e. The molecule has 0 unspecified atom stereocenters. The molecule has 0 saturated heterocycles. The Morgan fingerprint density at radius 1 is 1.25 bits per heavy atom. The summed E-state index contributed by atoms with van der Waals surface area (Å²) < 4.78 is 33.9. The smallest absolute Gasteiger partial charge is 0.387 e. The first kappa shape index (κ1) is 20.2. The number of guanidine groups is 1. The molecule has 0 amide bonds. The van der Waals surface area contributed by atoms with E-state index < -0.39 is 6.61 Å². The van der Waals surface area contributed by atoms with Gasteiger partial charge in [0.25, 0.3) is 0 Å². The highest BCUT2D eigenvalue weighted by Gasteiger charge is 2.08. The van der Waals surface area contributed by atoms with Crippen LogP contribution in [-0.2, 0) is 11.3 Å². The van der Waals surface area contributed by atoms with Crippen LogP contribution >= 0.6 is 0 Å². The van der Waals surface area contributed by atoms with Crippen LogP contribution in [0.25, 0.3) is 0 Å². The lowest BCUT2D eigenvalue weighted by Gasteiger charge is -2.22. The van der Waals surface area contributed by atoms with E-state index in [0.717, 1.165) is 44.1 Å². The monoisotopic (exact) mass is 343 g/mol. The average molecular weight is 343 g/mol. The largest absolute Gasteiger partial charge is 0.435 e. The van der Waals surface area contributed by atoms with Crippen LogP contribution in [-0.4, -0.2) is 51.3 Å². The van der Waals surface area contributed by atoms with Crippen LogP contribution < -0.4 is 10.1 Å². The van der Waals surface area contributed by atoms with Gasteiger partial charge in [-0.15, -0.1) is 0 Å². The third kappa shape index (κ3) is 8.10. The van der Waals surface area contributed by atoms with Crippen LogP contribution in [0.3, 0.4) is 0 Å². The van der Waals surface area contributed by atoms with E-state index in [2.05, 4.69) is 15.0 Å². The lowest BCUT2D eigenvalue weighted by Crippen LogP contribution is -2.38. The standard InChI is InChI=1S/C17H27F2N3O2/c1-4-23-12-6-5-11-21-17(20-2)22(3)13-14-7-9-15(10-8-14)24-16(18)19/h7-10,16H,4-6,11-13H2,1-3H3,(H,20,21). The molecule has 0 heterocycles. The van der Waals surface area contributed by atoms with Gasteiger partial charge in [0.05, 0.1) is 0 Å². The maximum atomic E-state index is 12.1. The Balaban J connectivity index is 2.39. The van der Waals surface area contributed by atoms with E-state index in [9.17, 15) is 8.78 Å². The molecule has 1 rings (SSSR count). The van der Waals surface area contributed by atoms with Crippen molar-refractivity contribution >= 4 is 5.96 Å². The number of hydrogen-bond acceptors (Lipinski definition) is 3. The molecule has 0 radical (unpaired) electrons. The first-order valence-corrected chi connectivity index (χ1v) is 8.10. The van der Waals surface area contributed by atoms with Crippen molar-refractivity contribution in [2.75, 3.05) is 33.9 Å². The number of benzene rings is 1. The van der Waals surface area contributed by atoms with Crippen molar-refractivity contribution in [2.24, 2.45) is 4.99 Å². The Labute approximate surface area is 142 Å². The quantitative estimate of drug-likeness (QED) is 0.403. The fraction of sp³-hybridized carbons (Fsp3) is 0.588. The molecule has 24 heavy (non-hydrogen) atoms. The number of unbranched alkanes of at least 4 members (excludes halogenated alkanes) is 1. The van der Waals surface area contributed by atoms with Crippen LogP contribution in [0.1, 0.15) is 25.3 Å². The number of halogens is 2. The van der Waals surface area contributed by atoms with Gasteiger partial charge in [0.1, 0.15) is 5.75 Å². The Kier molecular flexibility index (Phi) is 9.76. The lowest BCUT2D eigenvalue weighted by molar-refractivity contribution is -0.0498. The van der Waals surface area contributed by atoms with Crippen LogP contribution in [0.15, 0.2) is 29.3 Å². The molecule has 0 aliphatic carbocycles. The molecule has 136 valence electrons. The van der Waals surface area contributed by atoms with Crippen LogP contribution in [0.4, 0.5) is 8.78 Å². The Bertz CT molecular complexity index is 481. The second-order valence-corrected chi connectivity index (χ2v) is 5.26. The zero-order valence-electron chi connectivity index (χ0n) is 14.6. The van der Waals surface area contributed by atoms with Gasteiger partial charge in [-0.1, -0.05) is 12.1 Å². The summed E-state index contributed by atoms with van der Waals surface area (Å²) in [5.74, 6) is 0.951. The second-order valence-electron chi connectivity index (χ2n) is 5.26. The minimum absolute atomic E-state index is 0.160. The fourth-order valence-electron chi connectivity index (χ4n) is 2.18. The fourth-order valence-corrected chi connectivity index (χ4v) is 2.18. The third-order valence-corrected chi connectivity index (χ3v) is 3.34. The van der Waals surface area contributed by atoms with Gasteiger partial charge in [-0.05, 0) is 37.5 Å². The highest BCUT2D eigenvalue weighted by Crippen LogP contribution is 2.15.